The standard InChI is InChI=1S/C24H32N6O5S/c1-2-19(30-36(34,35)15-17-6-4-3-5-7-17)24(33)29-20(12-13-21(25)31)23(32)28-14-16-8-10-18(11-9-16)22(26)27/h3-11,19-20,30H,2,12-15H2,1H3,(H2,25,31)(H3,26,27)(H,28,32)(H,29,33). The Balaban J connectivity index is 2.04. The molecule has 0 radical (unpaired) electrons. The number of primary amides is 1. The number of carbonyl (C=O) groups is 3. The molecule has 0 heterocycles. The van der Waals surface area contributed by atoms with Crippen molar-refractivity contribution in [2.45, 2.75) is 50.6 Å². The molecule has 2 atom stereocenters. The summed E-state index contributed by atoms with van der Waals surface area (Å²) in [6.07, 6.45) is -0.0574. The van der Waals surface area contributed by atoms with Gasteiger partial charge in [0.2, 0.25) is 27.7 Å². The van der Waals surface area contributed by atoms with E-state index in [1.807, 2.05) is 0 Å². The summed E-state index contributed by atoms with van der Waals surface area (Å²) < 4.78 is 27.5. The number of rotatable bonds is 14. The number of sulfonamides is 1. The Morgan fingerprint density at radius 3 is 2.11 bits per heavy atom. The molecule has 3 amide bonds. The summed E-state index contributed by atoms with van der Waals surface area (Å²) in [5.41, 5.74) is 12.5. The van der Waals surface area contributed by atoms with E-state index < -0.39 is 39.8 Å². The summed E-state index contributed by atoms with van der Waals surface area (Å²) in [6, 6.07) is 13.0. The van der Waals surface area contributed by atoms with Gasteiger partial charge in [-0.3, -0.25) is 19.8 Å². The maximum Gasteiger partial charge on any atom is 0.242 e. The second-order valence-corrected chi connectivity index (χ2v) is 9.97. The first-order valence-corrected chi connectivity index (χ1v) is 13.0. The van der Waals surface area contributed by atoms with Crippen molar-refractivity contribution in [1.82, 2.24) is 15.4 Å². The first-order chi connectivity index (χ1) is 17.0. The molecule has 12 heteroatoms. The van der Waals surface area contributed by atoms with Gasteiger partial charge >= 0.3 is 0 Å². The third kappa shape index (κ3) is 9.47. The highest BCUT2D eigenvalue weighted by Crippen LogP contribution is 2.08. The number of nitrogen functional groups attached to an aromatic ring is 1. The van der Waals surface area contributed by atoms with E-state index in [1.165, 1.54) is 0 Å². The van der Waals surface area contributed by atoms with Gasteiger partial charge in [-0.15, -0.1) is 0 Å². The number of hydrogen-bond donors (Lipinski definition) is 6. The van der Waals surface area contributed by atoms with Gasteiger partial charge in [0.25, 0.3) is 0 Å². The molecule has 2 rings (SSSR count). The average Bonchev–Trinajstić information content (AvgIpc) is 2.83. The lowest BCUT2D eigenvalue weighted by molar-refractivity contribution is -0.130. The van der Waals surface area contributed by atoms with E-state index in [2.05, 4.69) is 15.4 Å². The second-order valence-electron chi connectivity index (χ2n) is 8.22. The minimum Gasteiger partial charge on any atom is -0.384 e. The third-order valence-corrected chi connectivity index (χ3v) is 6.65. The molecule has 0 aliphatic rings. The van der Waals surface area contributed by atoms with E-state index in [0.29, 0.717) is 11.1 Å². The Kier molecular flexibility index (Phi) is 10.6. The van der Waals surface area contributed by atoms with Crippen LogP contribution in [0.4, 0.5) is 0 Å². The normalized spacial score (nSPS) is 12.8. The Labute approximate surface area is 210 Å². The summed E-state index contributed by atoms with van der Waals surface area (Å²) in [7, 11) is -3.84. The predicted molar refractivity (Wildman–Crippen MR) is 136 cm³/mol. The van der Waals surface area contributed by atoms with Crippen LogP contribution in [0.25, 0.3) is 0 Å². The summed E-state index contributed by atoms with van der Waals surface area (Å²) >= 11 is 0. The Morgan fingerprint density at radius 2 is 1.56 bits per heavy atom. The highest BCUT2D eigenvalue weighted by Gasteiger charge is 2.28. The Hall–Kier alpha value is -3.77. The third-order valence-electron chi connectivity index (χ3n) is 5.29. The average molecular weight is 517 g/mol. The van der Waals surface area contributed by atoms with Crippen LogP contribution in [-0.4, -0.2) is 44.1 Å². The highest BCUT2D eigenvalue weighted by molar-refractivity contribution is 7.88. The molecule has 0 aliphatic heterocycles. The molecule has 0 aromatic heterocycles. The molecule has 36 heavy (non-hydrogen) atoms. The largest absolute Gasteiger partial charge is 0.384 e. The molecule has 2 unspecified atom stereocenters. The molecule has 2 aromatic rings. The van der Waals surface area contributed by atoms with E-state index >= 15 is 0 Å². The lowest BCUT2D eigenvalue weighted by atomic mass is 10.1. The molecular weight excluding hydrogens is 484 g/mol. The number of nitrogens with one attached hydrogen (secondary N) is 4. The summed E-state index contributed by atoms with van der Waals surface area (Å²) in [5, 5.41) is 12.7. The summed E-state index contributed by atoms with van der Waals surface area (Å²) in [4.78, 5) is 37.0. The number of amidine groups is 1. The quantitative estimate of drug-likeness (QED) is 0.153. The van der Waals surface area contributed by atoms with Crippen molar-refractivity contribution in [3.8, 4) is 0 Å². The minimum absolute atomic E-state index is 0.0522. The SMILES string of the molecule is CCC(NS(=O)(=O)Cc1ccccc1)C(=O)NC(CCC(N)=O)C(=O)NCc1ccc(C(=N)N)cc1. The van der Waals surface area contributed by atoms with Crippen molar-refractivity contribution >= 4 is 33.6 Å². The van der Waals surface area contributed by atoms with Crippen LogP contribution in [0, 0.1) is 5.41 Å². The van der Waals surface area contributed by atoms with Crippen molar-refractivity contribution in [1.29, 1.82) is 5.41 Å². The monoisotopic (exact) mass is 516 g/mol. The van der Waals surface area contributed by atoms with Gasteiger partial charge in [0.1, 0.15) is 17.9 Å². The van der Waals surface area contributed by atoms with Crippen molar-refractivity contribution in [3.63, 3.8) is 0 Å². The van der Waals surface area contributed by atoms with E-state index in [9.17, 15) is 22.8 Å². The highest BCUT2D eigenvalue weighted by atomic mass is 32.2. The molecule has 11 nitrogen and oxygen atoms in total. The molecule has 0 saturated carbocycles. The number of amides is 3. The number of hydrogen-bond acceptors (Lipinski definition) is 6. The summed E-state index contributed by atoms with van der Waals surface area (Å²) in [6.45, 7) is 1.76. The van der Waals surface area contributed by atoms with Gasteiger partial charge < -0.3 is 22.1 Å². The van der Waals surface area contributed by atoms with Crippen LogP contribution >= 0.6 is 0 Å². The second kappa shape index (κ2) is 13.4. The van der Waals surface area contributed by atoms with E-state index in [0.717, 1.165) is 5.56 Å². The van der Waals surface area contributed by atoms with Crippen LogP contribution < -0.4 is 26.8 Å². The van der Waals surface area contributed by atoms with Crippen LogP contribution in [0.2, 0.25) is 0 Å². The van der Waals surface area contributed by atoms with Gasteiger partial charge in [0.05, 0.1) is 5.75 Å². The van der Waals surface area contributed by atoms with Gasteiger partial charge in [-0.05, 0) is 24.0 Å². The topological polar surface area (TPSA) is 197 Å². The van der Waals surface area contributed by atoms with E-state index in [-0.39, 0.29) is 37.4 Å². The lowest BCUT2D eigenvalue weighted by Crippen LogP contribution is -2.53. The van der Waals surface area contributed by atoms with Crippen LogP contribution in [-0.2, 0) is 36.7 Å². The van der Waals surface area contributed by atoms with Crippen LogP contribution in [0.5, 0.6) is 0 Å². The Morgan fingerprint density at radius 1 is 0.917 bits per heavy atom. The molecule has 2 aromatic carbocycles. The van der Waals surface area contributed by atoms with Gasteiger partial charge in [-0.25, -0.2) is 13.1 Å². The molecule has 0 fully saturated rings. The van der Waals surface area contributed by atoms with Gasteiger partial charge in [0.15, 0.2) is 0 Å². The molecule has 0 saturated heterocycles. The van der Waals surface area contributed by atoms with Crippen molar-refractivity contribution in [3.05, 3.63) is 71.3 Å². The van der Waals surface area contributed by atoms with Crippen molar-refractivity contribution < 1.29 is 22.8 Å². The number of benzene rings is 2. The zero-order valence-corrected chi connectivity index (χ0v) is 20.8. The van der Waals surface area contributed by atoms with Gasteiger partial charge in [-0.2, -0.15) is 0 Å². The predicted octanol–water partition coefficient (Wildman–Crippen LogP) is 0.235. The van der Waals surface area contributed by atoms with E-state index in [4.69, 9.17) is 16.9 Å². The van der Waals surface area contributed by atoms with Gasteiger partial charge in [-0.1, -0.05) is 61.5 Å². The van der Waals surface area contributed by atoms with Gasteiger partial charge in [0, 0.05) is 18.5 Å². The smallest absolute Gasteiger partial charge is 0.242 e. The Bertz CT molecular complexity index is 1170. The fourth-order valence-electron chi connectivity index (χ4n) is 3.32. The lowest BCUT2D eigenvalue weighted by Gasteiger charge is -2.22. The zero-order chi connectivity index (χ0) is 26.7. The molecule has 194 valence electrons. The minimum atomic E-state index is -3.84. The first kappa shape index (κ1) is 28.5. The fourth-order valence-corrected chi connectivity index (χ4v) is 4.74. The number of carbonyl (C=O) groups excluding carboxylic acids is 3. The molecule has 8 N–H and O–H groups in total. The first-order valence-electron chi connectivity index (χ1n) is 11.3. The van der Waals surface area contributed by atoms with Crippen LogP contribution in [0.3, 0.4) is 0 Å². The fraction of sp³-hybridized carbons (Fsp3) is 0.333. The zero-order valence-electron chi connectivity index (χ0n) is 20.0. The van der Waals surface area contributed by atoms with Crippen LogP contribution in [0.15, 0.2) is 54.6 Å². The number of nitrogens with two attached hydrogens (primary N) is 2. The molecule has 0 bridgehead atoms. The molecule has 0 spiro atoms. The van der Waals surface area contributed by atoms with Crippen LogP contribution in [0.1, 0.15) is 42.9 Å². The maximum atomic E-state index is 12.9. The van der Waals surface area contributed by atoms with Crippen molar-refractivity contribution in [2.24, 2.45) is 11.5 Å². The molecular formula is C24H32N6O5S. The molecule has 0 aliphatic carbocycles. The van der Waals surface area contributed by atoms with E-state index in [1.54, 1.807) is 61.5 Å². The van der Waals surface area contributed by atoms with Crippen molar-refractivity contribution in [2.75, 3.05) is 0 Å². The maximum absolute atomic E-state index is 12.9. The summed E-state index contributed by atoms with van der Waals surface area (Å²) in [5.74, 6) is -2.26.